The van der Waals surface area contributed by atoms with Gasteiger partial charge in [-0.1, -0.05) is 0 Å². The lowest BCUT2D eigenvalue weighted by Gasteiger charge is -1.80. The molecular weight excluding hydrogens is 122 g/mol. The van der Waals surface area contributed by atoms with Gasteiger partial charge in [-0.3, -0.25) is 0 Å². The fourth-order valence-corrected chi connectivity index (χ4v) is 0. The van der Waals surface area contributed by atoms with E-state index in [1.807, 2.05) is 6.92 Å². The van der Waals surface area contributed by atoms with Crippen LogP contribution < -0.4 is 5.73 Å². The van der Waals surface area contributed by atoms with E-state index in [1.165, 1.54) is 0 Å². The van der Waals surface area contributed by atoms with Crippen LogP contribution in [0.1, 0.15) is 6.92 Å². The number of halogens is 1. The molecule has 0 bridgehead atoms. The fraction of sp³-hybridized carbons (Fsp3) is 1.00. The van der Waals surface area contributed by atoms with Crippen LogP contribution in [-0.2, 0) is 0 Å². The van der Waals surface area contributed by atoms with Gasteiger partial charge >= 0.3 is 0 Å². The van der Waals surface area contributed by atoms with Crippen LogP contribution in [0, 0.1) is 0 Å². The molecule has 0 aliphatic rings. The Hall–Kier alpha value is 0.560. The first-order valence-electron chi connectivity index (χ1n) is 1.17. The summed E-state index contributed by atoms with van der Waals surface area (Å²) >= 11 is 3.74. The molecule has 0 saturated heterocycles. The van der Waals surface area contributed by atoms with Gasteiger partial charge in [0.05, 0.1) is 0 Å². The predicted octanol–water partition coefficient (Wildman–Crippen LogP) is -0.182. The van der Waals surface area contributed by atoms with E-state index in [4.69, 9.17) is 5.73 Å². The van der Waals surface area contributed by atoms with Crippen molar-refractivity contribution in [1.29, 1.82) is 0 Å². The largest absolute Gasteiger partial charge is 0.412 e. The maximum Gasteiger partial charge on any atom is 0.0448 e. The first-order chi connectivity index (χ1) is 1.73. The number of nitrogens with two attached hydrogens (primary N) is 1. The van der Waals surface area contributed by atoms with Crippen LogP contribution >= 0.6 is 25.0 Å². The second-order valence-electron chi connectivity index (χ2n) is 0.741. The molecule has 1 atom stereocenters. The minimum absolute atomic E-state index is 0. The number of rotatable bonds is 0. The molecule has 0 rings (SSSR count). The molecule has 2 nitrogen and oxygen atoms in total. The van der Waals surface area contributed by atoms with Gasteiger partial charge in [0.1, 0.15) is 0 Å². The molecule has 0 aromatic carbocycles. The lowest BCUT2D eigenvalue weighted by molar-refractivity contribution is 0.824. The van der Waals surface area contributed by atoms with Crippen molar-refractivity contribution >= 4 is 25.0 Å². The monoisotopic (exact) mass is 131 g/mol. The highest BCUT2D eigenvalue weighted by Gasteiger charge is 1.68. The zero-order valence-corrected chi connectivity index (χ0v) is 5.22. The van der Waals surface area contributed by atoms with Gasteiger partial charge in [0.15, 0.2) is 0 Å². The summed E-state index contributed by atoms with van der Waals surface area (Å²) in [5, 5.41) is 0.0278. The highest BCUT2D eigenvalue weighted by Crippen LogP contribution is 1.72. The lowest BCUT2D eigenvalue weighted by atomic mass is 10.8. The first kappa shape index (κ1) is 16.0. The van der Waals surface area contributed by atoms with Crippen molar-refractivity contribution in [3.05, 3.63) is 0 Å². The Morgan fingerprint density at radius 2 is 1.67 bits per heavy atom. The lowest BCUT2D eigenvalue weighted by Crippen LogP contribution is -2.03. The second-order valence-corrected chi connectivity index (χ2v) is 1.56. The SMILES string of the molecule is CC(N)S.Cl.O. The Morgan fingerprint density at radius 1 is 1.67 bits per heavy atom. The highest BCUT2D eigenvalue weighted by atomic mass is 35.5. The molecule has 0 amide bonds. The van der Waals surface area contributed by atoms with Crippen LogP contribution in [0.5, 0.6) is 0 Å². The third-order valence-corrected chi connectivity index (χ3v) is 0. The maximum absolute atomic E-state index is 4.98. The molecule has 4 heteroatoms. The zero-order chi connectivity index (χ0) is 3.58. The van der Waals surface area contributed by atoms with Crippen LogP contribution in [0.3, 0.4) is 0 Å². The van der Waals surface area contributed by atoms with Gasteiger partial charge in [-0.15, -0.1) is 12.4 Å². The van der Waals surface area contributed by atoms with Crippen molar-refractivity contribution in [2.24, 2.45) is 5.73 Å². The molecule has 0 spiro atoms. The number of thiol groups is 1. The summed E-state index contributed by atoms with van der Waals surface area (Å²) in [5.74, 6) is 0. The average molecular weight is 132 g/mol. The molecule has 1 unspecified atom stereocenters. The molecule has 6 heavy (non-hydrogen) atoms. The summed E-state index contributed by atoms with van der Waals surface area (Å²) in [5.41, 5.74) is 4.98. The van der Waals surface area contributed by atoms with Crippen LogP contribution in [0.15, 0.2) is 0 Å². The van der Waals surface area contributed by atoms with Crippen molar-refractivity contribution < 1.29 is 5.48 Å². The highest BCUT2D eigenvalue weighted by molar-refractivity contribution is 7.80. The van der Waals surface area contributed by atoms with Crippen LogP contribution in [0.25, 0.3) is 0 Å². The topological polar surface area (TPSA) is 57.5 Å². The molecule has 4 N–H and O–H groups in total. The standard InChI is InChI=1S/C2H7NS.ClH.H2O/c1-2(3)4;;/h2,4H,3H2,1H3;1H;1H2. The number of hydrogen-bond acceptors (Lipinski definition) is 2. The maximum atomic E-state index is 4.98. The van der Waals surface area contributed by atoms with Crippen LogP contribution in [-0.4, -0.2) is 10.9 Å². The molecule has 0 aromatic heterocycles. The summed E-state index contributed by atoms with van der Waals surface area (Å²) in [7, 11) is 0. The van der Waals surface area contributed by atoms with Gasteiger partial charge in [-0.25, -0.2) is 0 Å². The summed E-state index contributed by atoms with van der Waals surface area (Å²) < 4.78 is 0. The van der Waals surface area contributed by atoms with Crippen molar-refractivity contribution in [3.63, 3.8) is 0 Å². The van der Waals surface area contributed by atoms with E-state index < -0.39 is 0 Å². The minimum Gasteiger partial charge on any atom is -0.412 e. The van der Waals surface area contributed by atoms with Gasteiger partial charge < -0.3 is 11.2 Å². The molecule has 0 fully saturated rings. The Labute approximate surface area is 49.2 Å². The van der Waals surface area contributed by atoms with Crippen LogP contribution in [0.4, 0.5) is 0 Å². The molecule has 0 aliphatic heterocycles. The van der Waals surface area contributed by atoms with Crippen LogP contribution in [0.2, 0.25) is 0 Å². The van der Waals surface area contributed by atoms with Crippen molar-refractivity contribution in [1.82, 2.24) is 0 Å². The molecule has 42 valence electrons. The Kier molecular flexibility index (Phi) is 24.3. The summed E-state index contributed by atoms with van der Waals surface area (Å²) in [4.78, 5) is 0. The van der Waals surface area contributed by atoms with E-state index in [-0.39, 0.29) is 23.3 Å². The van der Waals surface area contributed by atoms with Crippen molar-refractivity contribution in [3.8, 4) is 0 Å². The average Bonchev–Trinajstić information content (AvgIpc) is 0.811. The Morgan fingerprint density at radius 3 is 1.67 bits per heavy atom. The van der Waals surface area contributed by atoms with Gasteiger partial charge in [0.2, 0.25) is 0 Å². The van der Waals surface area contributed by atoms with Crippen molar-refractivity contribution in [2.45, 2.75) is 12.3 Å². The van der Waals surface area contributed by atoms with E-state index >= 15 is 0 Å². The third-order valence-electron chi connectivity index (χ3n) is 0. The molecule has 0 saturated carbocycles. The third kappa shape index (κ3) is 184. The van der Waals surface area contributed by atoms with E-state index in [2.05, 4.69) is 12.6 Å². The van der Waals surface area contributed by atoms with Gasteiger partial charge in [0, 0.05) is 5.37 Å². The molecule has 0 aromatic rings. The van der Waals surface area contributed by atoms with E-state index in [9.17, 15) is 0 Å². The van der Waals surface area contributed by atoms with Gasteiger partial charge in [-0.05, 0) is 6.92 Å². The minimum atomic E-state index is 0. The smallest absolute Gasteiger partial charge is 0.0448 e. The summed E-state index contributed by atoms with van der Waals surface area (Å²) in [6.45, 7) is 1.81. The fourth-order valence-electron chi connectivity index (χ4n) is 0. The van der Waals surface area contributed by atoms with E-state index in [1.54, 1.807) is 0 Å². The normalized spacial score (nSPS) is 10.5. The second kappa shape index (κ2) is 9.12. The van der Waals surface area contributed by atoms with Crippen molar-refractivity contribution in [2.75, 3.05) is 0 Å². The van der Waals surface area contributed by atoms with E-state index in [0.29, 0.717) is 0 Å². The summed E-state index contributed by atoms with van der Waals surface area (Å²) in [6, 6.07) is 0. The Bertz CT molecular complexity index is 18.3. The summed E-state index contributed by atoms with van der Waals surface area (Å²) in [6.07, 6.45) is 0. The van der Waals surface area contributed by atoms with Gasteiger partial charge in [-0.2, -0.15) is 12.6 Å². The predicted molar refractivity (Wildman–Crippen MR) is 33.5 cm³/mol. The molecule has 0 aliphatic carbocycles. The molecular formula is C2H10ClNOS. The molecule has 0 heterocycles. The molecule has 0 radical (unpaired) electrons. The quantitative estimate of drug-likeness (QED) is 0.348. The van der Waals surface area contributed by atoms with Gasteiger partial charge in [0.25, 0.3) is 0 Å². The zero-order valence-electron chi connectivity index (χ0n) is 3.51. The van der Waals surface area contributed by atoms with E-state index in [0.717, 1.165) is 0 Å². The number of hydrogen-bond donors (Lipinski definition) is 2. The first-order valence-corrected chi connectivity index (χ1v) is 1.69. The Balaban J connectivity index is -0.0000000450.